The van der Waals surface area contributed by atoms with Crippen LogP contribution in [0.1, 0.15) is 15.9 Å². The summed E-state index contributed by atoms with van der Waals surface area (Å²) in [7, 11) is 0. The lowest BCUT2D eigenvalue weighted by Gasteiger charge is -2.06. The largest absolute Gasteiger partial charge is 0.322 e. The van der Waals surface area contributed by atoms with Crippen molar-refractivity contribution in [2.75, 3.05) is 5.32 Å². The molecule has 2 aromatic rings. The molecular formula is C14H8F2N2O. The second-order valence-corrected chi connectivity index (χ2v) is 3.75. The van der Waals surface area contributed by atoms with Gasteiger partial charge < -0.3 is 5.32 Å². The van der Waals surface area contributed by atoms with Gasteiger partial charge in [-0.15, -0.1) is 0 Å². The summed E-state index contributed by atoms with van der Waals surface area (Å²) in [6.45, 7) is 0. The maximum atomic E-state index is 13.4. The van der Waals surface area contributed by atoms with Crippen molar-refractivity contribution in [3.63, 3.8) is 0 Å². The Morgan fingerprint density at radius 2 is 1.89 bits per heavy atom. The van der Waals surface area contributed by atoms with Gasteiger partial charge in [-0.3, -0.25) is 4.79 Å². The minimum absolute atomic E-state index is 0.340. The summed E-state index contributed by atoms with van der Waals surface area (Å²) in [5, 5.41) is 11.1. The number of carbonyl (C=O) groups excluding carboxylic acids is 1. The van der Waals surface area contributed by atoms with Crippen molar-refractivity contribution in [2.45, 2.75) is 0 Å². The van der Waals surface area contributed by atoms with Crippen molar-refractivity contribution in [1.29, 1.82) is 5.26 Å². The molecule has 19 heavy (non-hydrogen) atoms. The van der Waals surface area contributed by atoms with E-state index in [0.29, 0.717) is 11.3 Å². The van der Waals surface area contributed by atoms with Crippen molar-refractivity contribution < 1.29 is 13.6 Å². The Kier molecular flexibility index (Phi) is 3.53. The van der Waals surface area contributed by atoms with Gasteiger partial charge in [-0.25, -0.2) is 8.78 Å². The average Bonchev–Trinajstić information content (AvgIpc) is 2.42. The van der Waals surface area contributed by atoms with Crippen LogP contribution in [0.15, 0.2) is 42.5 Å². The van der Waals surface area contributed by atoms with E-state index in [1.54, 1.807) is 18.2 Å². The van der Waals surface area contributed by atoms with Crippen LogP contribution in [-0.2, 0) is 0 Å². The zero-order chi connectivity index (χ0) is 13.8. The van der Waals surface area contributed by atoms with Crippen LogP contribution >= 0.6 is 0 Å². The van der Waals surface area contributed by atoms with Crippen LogP contribution in [0.3, 0.4) is 0 Å². The lowest BCUT2D eigenvalue weighted by atomic mass is 10.1. The van der Waals surface area contributed by atoms with E-state index >= 15 is 0 Å². The maximum Gasteiger partial charge on any atom is 0.258 e. The summed E-state index contributed by atoms with van der Waals surface area (Å²) in [5.41, 5.74) is 0.313. The number of nitriles is 1. The van der Waals surface area contributed by atoms with Crippen LogP contribution in [0.5, 0.6) is 0 Å². The van der Waals surface area contributed by atoms with E-state index < -0.39 is 17.5 Å². The summed E-state index contributed by atoms with van der Waals surface area (Å²) in [5.74, 6) is -3.05. The van der Waals surface area contributed by atoms with Crippen LogP contribution in [-0.4, -0.2) is 5.91 Å². The Morgan fingerprint density at radius 1 is 1.16 bits per heavy atom. The molecule has 0 atom stereocenters. The molecule has 0 saturated carbocycles. The van der Waals surface area contributed by atoms with Crippen molar-refractivity contribution in [3.8, 4) is 6.07 Å². The molecule has 0 aliphatic rings. The molecule has 2 rings (SSSR count). The average molecular weight is 258 g/mol. The fourth-order valence-corrected chi connectivity index (χ4v) is 1.54. The molecule has 2 aromatic carbocycles. The zero-order valence-electron chi connectivity index (χ0n) is 9.65. The Hall–Kier alpha value is -2.74. The first kappa shape index (κ1) is 12.7. The second-order valence-electron chi connectivity index (χ2n) is 3.75. The third-order valence-corrected chi connectivity index (χ3v) is 2.45. The summed E-state index contributed by atoms with van der Waals surface area (Å²) < 4.78 is 26.4. The summed E-state index contributed by atoms with van der Waals surface area (Å²) in [6, 6.07) is 11.4. The molecule has 3 nitrogen and oxygen atoms in total. The first-order valence-electron chi connectivity index (χ1n) is 5.37. The molecule has 0 heterocycles. The number of amides is 1. The molecule has 0 spiro atoms. The van der Waals surface area contributed by atoms with E-state index in [0.717, 1.165) is 6.07 Å². The molecule has 94 valence electrons. The zero-order valence-corrected chi connectivity index (χ0v) is 9.65. The van der Waals surface area contributed by atoms with Crippen molar-refractivity contribution >= 4 is 11.6 Å². The second kappa shape index (κ2) is 5.27. The Bertz CT molecular complexity index is 677. The molecule has 5 heteroatoms. The van der Waals surface area contributed by atoms with Crippen LogP contribution in [0.4, 0.5) is 14.5 Å². The predicted octanol–water partition coefficient (Wildman–Crippen LogP) is 3.09. The van der Waals surface area contributed by atoms with Gasteiger partial charge in [0.05, 0.1) is 17.2 Å². The molecule has 0 saturated heterocycles. The monoisotopic (exact) mass is 258 g/mol. The van der Waals surface area contributed by atoms with E-state index in [1.165, 1.54) is 18.2 Å². The molecule has 0 unspecified atom stereocenters. The number of nitrogens with one attached hydrogen (secondary N) is 1. The standard InChI is InChI=1S/C14H8F2N2O/c15-12-6-2-5-11(13(12)16)14(19)18-10-4-1-3-9(7-10)8-17/h1-7H,(H,18,19). The normalized spacial score (nSPS) is 9.74. The Labute approximate surface area is 108 Å². The van der Waals surface area contributed by atoms with E-state index in [1.807, 2.05) is 6.07 Å². The van der Waals surface area contributed by atoms with E-state index in [4.69, 9.17) is 5.26 Å². The quantitative estimate of drug-likeness (QED) is 0.899. The maximum absolute atomic E-state index is 13.4. The van der Waals surface area contributed by atoms with Gasteiger partial charge in [0.25, 0.3) is 5.91 Å². The van der Waals surface area contributed by atoms with Crippen molar-refractivity contribution in [3.05, 3.63) is 65.2 Å². The summed E-state index contributed by atoms with van der Waals surface area (Å²) >= 11 is 0. The van der Waals surface area contributed by atoms with Crippen LogP contribution in [0, 0.1) is 23.0 Å². The molecule has 0 aromatic heterocycles. The van der Waals surface area contributed by atoms with Crippen molar-refractivity contribution in [2.24, 2.45) is 0 Å². The minimum Gasteiger partial charge on any atom is -0.322 e. The third kappa shape index (κ3) is 2.75. The fraction of sp³-hybridized carbons (Fsp3) is 0. The minimum atomic E-state index is -1.20. The number of halogens is 2. The number of hydrogen-bond donors (Lipinski definition) is 1. The number of benzene rings is 2. The first-order valence-corrected chi connectivity index (χ1v) is 5.37. The van der Waals surface area contributed by atoms with Gasteiger partial charge in [-0.1, -0.05) is 12.1 Å². The number of hydrogen-bond acceptors (Lipinski definition) is 2. The van der Waals surface area contributed by atoms with Gasteiger partial charge in [0.1, 0.15) is 0 Å². The van der Waals surface area contributed by atoms with Gasteiger partial charge in [0.15, 0.2) is 11.6 Å². The molecule has 1 N–H and O–H groups in total. The lowest BCUT2D eigenvalue weighted by molar-refractivity contribution is 0.102. The lowest BCUT2D eigenvalue weighted by Crippen LogP contribution is -2.14. The molecular weight excluding hydrogens is 250 g/mol. The Balaban J connectivity index is 2.26. The fourth-order valence-electron chi connectivity index (χ4n) is 1.54. The highest BCUT2D eigenvalue weighted by Crippen LogP contribution is 2.15. The number of anilines is 1. The summed E-state index contributed by atoms with van der Waals surface area (Å²) in [6.07, 6.45) is 0. The van der Waals surface area contributed by atoms with Gasteiger partial charge in [-0.2, -0.15) is 5.26 Å². The van der Waals surface area contributed by atoms with E-state index in [9.17, 15) is 13.6 Å². The van der Waals surface area contributed by atoms with Crippen molar-refractivity contribution in [1.82, 2.24) is 0 Å². The van der Waals surface area contributed by atoms with Gasteiger partial charge >= 0.3 is 0 Å². The molecule has 1 amide bonds. The molecule has 0 fully saturated rings. The number of nitrogens with zero attached hydrogens (tertiary/aromatic N) is 1. The first-order chi connectivity index (χ1) is 9.11. The highest BCUT2D eigenvalue weighted by molar-refractivity contribution is 6.04. The molecule has 0 bridgehead atoms. The predicted molar refractivity (Wildman–Crippen MR) is 65.5 cm³/mol. The highest BCUT2D eigenvalue weighted by Gasteiger charge is 2.15. The van der Waals surface area contributed by atoms with Gasteiger partial charge in [-0.05, 0) is 30.3 Å². The third-order valence-electron chi connectivity index (χ3n) is 2.45. The number of rotatable bonds is 2. The van der Waals surface area contributed by atoms with Crippen LogP contribution < -0.4 is 5.32 Å². The van der Waals surface area contributed by atoms with Gasteiger partial charge in [0.2, 0.25) is 0 Å². The SMILES string of the molecule is N#Cc1cccc(NC(=O)c2cccc(F)c2F)c1. The van der Waals surface area contributed by atoms with E-state index in [-0.39, 0.29) is 5.56 Å². The molecule has 0 aliphatic heterocycles. The number of carbonyl (C=O) groups is 1. The smallest absolute Gasteiger partial charge is 0.258 e. The van der Waals surface area contributed by atoms with Gasteiger partial charge in [0, 0.05) is 5.69 Å². The Morgan fingerprint density at radius 3 is 2.63 bits per heavy atom. The van der Waals surface area contributed by atoms with Crippen LogP contribution in [0.25, 0.3) is 0 Å². The van der Waals surface area contributed by atoms with Crippen LogP contribution in [0.2, 0.25) is 0 Å². The summed E-state index contributed by atoms with van der Waals surface area (Å²) in [4.78, 5) is 11.8. The highest BCUT2D eigenvalue weighted by atomic mass is 19.2. The topological polar surface area (TPSA) is 52.9 Å². The molecule has 0 radical (unpaired) electrons. The van der Waals surface area contributed by atoms with E-state index in [2.05, 4.69) is 5.32 Å². The molecule has 0 aliphatic carbocycles.